The highest BCUT2D eigenvalue weighted by molar-refractivity contribution is 6.35. The van der Waals surface area contributed by atoms with Gasteiger partial charge in [0.05, 0.1) is 28.5 Å². The minimum atomic E-state index is -0.496. The van der Waals surface area contributed by atoms with E-state index in [1.807, 2.05) is 13.0 Å². The molecule has 1 atom stereocenters. The Kier molecular flexibility index (Phi) is 5.03. The SMILES string of the molecule is C[C@@H](Nc1ncnc2[nH]cnc12)c1cc2ccc(F)cc2c(=O)n1-c1ccc(Cl)cc1Cl. The number of pyridine rings is 1. The van der Waals surface area contributed by atoms with E-state index in [0.29, 0.717) is 43.8 Å². The number of halogens is 3. The lowest BCUT2D eigenvalue weighted by Crippen LogP contribution is -2.26. The summed E-state index contributed by atoms with van der Waals surface area (Å²) in [5, 5.41) is 4.87. The normalized spacial score (nSPS) is 12.4. The number of anilines is 1. The average Bonchev–Trinajstić information content (AvgIpc) is 3.25. The van der Waals surface area contributed by atoms with Gasteiger partial charge in [-0.05, 0) is 48.7 Å². The summed E-state index contributed by atoms with van der Waals surface area (Å²) in [7, 11) is 0. The van der Waals surface area contributed by atoms with Crippen LogP contribution in [0.2, 0.25) is 10.0 Å². The molecule has 32 heavy (non-hydrogen) atoms. The minimum Gasteiger partial charge on any atom is -0.360 e. The first-order chi connectivity index (χ1) is 15.4. The van der Waals surface area contributed by atoms with Crippen molar-refractivity contribution in [2.24, 2.45) is 0 Å². The molecule has 0 saturated carbocycles. The number of hydrogen-bond acceptors (Lipinski definition) is 5. The number of nitrogens with zero attached hydrogens (tertiary/aromatic N) is 4. The maximum atomic E-state index is 13.9. The summed E-state index contributed by atoms with van der Waals surface area (Å²) in [6, 6.07) is 10.4. The summed E-state index contributed by atoms with van der Waals surface area (Å²) in [5.41, 5.74) is 1.79. The molecule has 0 aliphatic rings. The summed E-state index contributed by atoms with van der Waals surface area (Å²) in [4.78, 5) is 29.1. The third-order valence-electron chi connectivity index (χ3n) is 5.18. The van der Waals surface area contributed by atoms with Crippen molar-refractivity contribution in [3.8, 4) is 5.69 Å². The molecule has 0 spiro atoms. The van der Waals surface area contributed by atoms with E-state index in [9.17, 15) is 9.18 Å². The summed E-state index contributed by atoms with van der Waals surface area (Å²) >= 11 is 12.5. The highest BCUT2D eigenvalue weighted by atomic mass is 35.5. The van der Waals surface area contributed by atoms with Crippen molar-refractivity contribution >= 4 is 51.0 Å². The fourth-order valence-corrected chi connectivity index (χ4v) is 4.17. The third-order valence-corrected chi connectivity index (χ3v) is 5.71. The highest BCUT2D eigenvalue weighted by Gasteiger charge is 2.20. The third kappa shape index (κ3) is 3.47. The van der Waals surface area contributed by atoms with Crippen LogP contribution in [0.5, 0.6) is 0 Å². The fourth-order valence-electron chi connectivity index (χ4n) is 3.68. The van der Waals surface area contributed by atoms with Crippen molar-refractivity contribution in [3.05, 3.63) is 87.0 Å². The Bertz CT molecular complexity index is 1550. The second-order valence-electron chi connectivity index (χ2n) is 7.23. The Labute approximate surface area is 190 Å². The zero-order valence-electron chi connectivity index (χ0n) is 16.6. The number of hydrogen-bond donors (Lipinski definition) is 2. The molecular weight excluding hydrogens is 454 g/mol. The van der Waals surface area contributed by atoms with Crippen LogP contribution in [0.15, 0.2) is 59.9 Å². The van der Waals surface area contributed by atoms with E-state index < -0.39 is 17.4 Å². The van der Waals surface area contributed by atoms with Crippen LogP contribution in [0.4, 0.5) is 10.2 Å². The van der Waals surface area contributed by atoms with Gasteiger partial charge < -0.3 is 10.3 Å². The van der Waals surface area contributed by atoms with Crippen molar-refractivity contribution in [1.29, 1.82) is 0 Å². The van der Waals surface area contributed by atoms with E-state index in [0.717, 1.165) is 0 Å². The number of imidazole rings is 1. The van der Waals surface area contributed by atoms with Crippen molar-refractivity contribution in [3.63, 3.8) is 0 Å². The van der Waals surface area contributed by atoms with Gasteiger partial charge >= 0.3 is 0 Å². The largest absolute Gasteiger partial charge is 0.360 e. The lowest BCUT2D eigenvalue weighted by molar-refractivity contribution is 0.629. The Morgan fingerprint density at radius 1 is 1.09 bits per heavy atom. The van der Waals surface area contributed by atoms with Crippen LogP contribution in [0.1, 0.15) is 18.7 Å². The van der Waals surface area contributed by atoms with Gasteiger partial charge in [-0.25, -0.2) is 19.3 Å². The molecule has 0 bridgehead atoms. The molecular formula is C22H15Cl2FN6O. The van der Waals surface area contributed by atoms with Crippen molar-refractivity contribution < 1.29 is 4.39 Å². The predicted molar refractivity (Wildman–Crippen MR) is 123 cm³/mol. The Balaban J connectivity index is 1.73. The number of rotatable bonds is 4. The van der Waals surface area contributed by atoms with Crippen molar-refractivity contribution in [2.45, 2.75) is 13.0 Å². The Morgan fingerprint density at radius 3 is 2.75 bits per heavy atom. The van der Waals surface area contributed by atoms with Crippen LogP contribution in [0, 0.1) is 5.82 Å². The van der Waals surface area contributed by atoms with Gasteiger partial charge in [0.15, 0.2) is 11.5 Å². The Hall–Kier alpha value is -3.49. The maximum absolute atomic E-state index is 13.9. The molecule has 10 heteroatoms. The molecule has 0 fully saturated rings. The van der Waals surface area contributed by atoms with Crippen LogP contribution >= 0.6 is 23.2 Å². The van der Waals surface area contributed by atoms with Crippen molar-refractivity contribution in [2.75, 3.05) is 5.32 Å². The molecule has 3 aromatic heterocycles. The van der Waals surface area contributed by atoms with E-state index in [4.69, 9.17) is 23.2 Å². The lowest BCUT2D eigenvalue weighted by Gasteiger charge is -2.22. The van der Waals surface area contributed by atoms with Gasteiger partial charge in [-0.2, -0.15) is 0 Å². The van der Waals surface area contributed by atoms with Gasteiger partial charge in [0.1, 0.15) is 17.7 Å². The fraction of sp³-hybridized carbons (Fsp3) is 0.0909. The number of fused-ring (bicyclic) bond motifs is 2. The van der Waals surface area contributed by atoms with Gasteiger partial charge in [0.25, 0.3) is 5.56 Å². The second-order valence-corrected chi connectivity index (χ2v) is 8.07. The molecule has 0 unspecified atom stereocenters. The van der Waals surface area contributed by atoms with Gasteiger partial charge in [0, 0.05) is 10.7 Å². The molecule has 0 saturated heterocycles. The average molecular weight is 469 g/mol. The molecule has 0 aliphatic carbocycles. The van der Waals surface area contributed by atoms with Crippen molar-refractivity contribution in [1.82, 2.24) is 24.5 Å². The van der Waals surface area contributed by atoms with E-state index in [1.165, 1.54) is 29.4 Å². The van der Waals surface area contributed by atoms with Gasteiger partial charge in [-0.1, -0.05) is 29.3 Å². The standard InChI is InChI=1S/C22H15Cl2FN6O/c1-11(30-21-19-20(27-9-26-19)28-10-29-21)18-6-12-2-4-14(25)8-15(12)22(32)31(18)17-5-3-13(23)7-16(17)24/h2-11H,1H3,(H2,26,27,28,29,30)/t11-/m1/s1. The van der Waals surface area contributed by atoms with Gasteiger partial charge in [0.2, 0.25) is 0 Å². The van der Waals surface area contributed by atoms with Crippen LogP contribution in [-0.4, -0.2) is 24.5 Å². The highest BCUT2D eigenvalue weighted by Crippen LogP contribution is 2.29. The molecule has 0 amide bonds. The predicted octanol–water partition coefficient (Wildman–Crippen LogP) is 5.28. The molecule has 0 aliphatic heterocycles. The van der Waals surface area contributed by atoms with Crippen LogP contribution in [0.25, 0.3) is 27.6 Å². The van der Waals surface area contributed by atoms with Crippen LogP contribution in [0.3, 0.4) is 0 Å². The first-order valence-corrected chi connectivity index (χ1v) is 10.4. The number of aromatic nitrogens is 5. The molecule has 7 nitrogen and oxygen atoms in total. The minimum absolute atomic E-state index is 0.240. The summed E-state index contributed by atoms with van der Waals surface area (Å²) in [6.07, 6.45) is 2.95. The smallest absolute Gasteiger partial charge is 0.263 e. The molecule has 3 heterocycles. The number of nitrogens with one attached hydrogen (secondary N) is 2. The van der Waals surface area contributed by atoms with E-state index in [-0.39, 0.29) is 5.39 Å². The van der Waals surface area contributed by atoms with E-state index in [2.05, 4.69) is 25.3 Å². The first-order valence-electron chi connectivity index (χ1n) is 9.63. The maximum Gasteiger partial charge on any atom is 0.263 e. The zero-order chi connectivity index (χ0) is 22.4. The second kappa shape index (κ2) is 7.89. The molecule has 160 valence electrons. The molecule has 0 radical (unpaired) electrons. The monoisotopic (exact) mass is 468 g/mol. The van der Waals surface area contributed by atoms with Gasteiger partial charge in [-0.3, -0.25) is 9.36 Å². The summed E-state index contributed by atoms with van der Waals surface area (Å²) < 4.78 is 15.4. The number of H-pyrrole nitrogens is 1. The molecule has 2 aromatic carbocycles. The zero-order valence-corrected chi connectivity index (χ0v) is 18.1. The lowest BCUT2D eigenvalue weighted by atomic mass is 10.1. The quantitative estimate of drug-likeness (QED) is 0.374. The van der Waals surface area contributed by atoms with Gasteiger partial charge in [-0.15, -0.1) is 0 Å². The number of aromatic amines is 1. The molecule has 5 aromatic rings. The van der Waals surface area contributed by atoms with E-state index in [1.54, 1.807) is 24.3 Å². The van der Waals surface area contributed by atoms with Crippen LogP contribution in [-0.2, 0) is 0 Å². The molecule has 2 N–H and O–H groups in total. The summed E-state index contributed by atoms with van der Waals surface area (Å²) in [5.74, 6) is 0.00772. The topological polar surface area (TPSA) is 88.5 Å². The number of benzene rings is 2. The van der Waals surface area contributed by atoms with E-state index >= 15 is 0 Å². The summed E-state index contributed by atoms with van der Waals surface area (Å²) in [6.45, 7) is 1.88. The van der Waals surface area contributed by atoms with Crippen LogP contribution < -0.4 is 10.9 Å². The first kappa shape index (κ1) is 20.4. The molecule has 5 rings (SSSR count). The Morgan fingerprint density at radius 2 is 1.94 bits per heavy atom.